The van der Waals surface area contributed by atoms with Crippen LogP contribution in [0.15, 0.2) is 4.99 Å². The summed E-state index contributed by atoms with van der Waals surface area (Å²) in [6.07, 6.45) is 12.5. The number of carbonyl (C=O) groups is 1. The van der Waals surface area contributed by atoms with Gasteiger partial charge in [-0.3, -0.25) is 0 Å². The number of aliphatic carboxylic acids is 1. The number of hydroxylamine groups is 3. The van der Waals surface area contributed by atoms with Crippen LogP contribution in [0.4, 0.5) is 0 Å². The molecule has 0 fully saturated rings. The van der Waals surface area contributed by atoms with Gasteiger partial charge in [-0.15, -0.1) is 4.65 Å². The second-order valence-corrected chi connectivity index (χ2v) is 6.46. The predicted molar refractivity (Wildman–Crippen MR) is 99.2 cm³/mol. The van der Waals surface area contributed by atoms with Gasteiger partial charge in [0.15, 0.2) is 0 Å². The summed E-state index contributed by atoms with van der Waals surface area (Å²) in [6, 6.07) is 0. The number of unbranched alkanes of at least 4 members (excludes halogenated alkanes) is 8. The molecule has 1 aliphatic rings. The smallest absolute Gasteiger partial charge is 1.00 e. The molecule has 26 heavy (non-hydrogen) atoms. The van der Waals surface area contributed by atoms with Crippen molar-refractivity contribution in [2.45, 2.75) is 78.1 Å². The molecule has 0 bridgehead atoms. The van der Waals surface area contributed by atoms with E-state index in [2.05, 4.69) is 11.9 Å². The van der Waals surface area contributed by atoms with Crippen LogP contribution >= 0.6 is 0 Å². The van der Waals surface area contributed by atoms with Gasteiger partial charge in [-0.05, 0) is 13.3 Å². The number of aliphatic imine (C=N–C) groups is 1. The summed E-state index contributed by atoms with van der Waals surface area (Å²) in [7, 11) is 0. The molecule has 1 unspecified atom stereocenters. The number of hydrogen-bond acceptors (Lipinski definition) is 3. The summed E-state index contributed by atoms with van der Waals surface area (Å²) in [4.78, 5) is 21.5. The molecular weight excluding hydrogens is 354 g/mol. The first-order valence-electron chi connectivity index (χ1n) is 9.42. The van der Waals surface area contributed by atoms with Crippen molar-refractivity contribution in [3.05, 3.63) is 0 Å². The fraction of sp³-hybridized carbons (Fsp3) is 0.889. The third-order valence-corrected chi connectivity index (χ3v) is 4.50. The van der Waals surface area contributed by atoms with E-state index in [-0.39, 0.29) is 78.6 Å². The molecule has 0 spiro atoms. The van der Waals surface area contributed by atoms with Gasteiger partial charge in [0.25, 0.3) is 0 Å². The van der Waals surface area contributed by atoms with Gasteiger partial charge in [-0.25, -0.2) is 9.79 Å². The van der Waals surface area contributed by atoms with Crippen molar-refractivity contribution >= 4 is 11.8 Å². The molecule has 0 aromatic carbocycles. The first kappa shape index (κ1) is 31.7. The Hall–Kier alpha value is 1.02. The van der Waals surface area contributed by atoms with Crippen LogP contribution in [-0.2, 0) is 9.63 Å². The van der Waals surface area contributed by atoms with Gasteiger partial charge in [-0.1, -0.05) is 58.3 Å². The van der Waals surface area contributed by atoms with Crippen molar-refractivity contribution < 1.29 is 86.8 Å². The third-order valence-electron chi connectivity index (χ3n) is 4.50. The maximum Gasteiger partial charge on any atom is 1.00 e. The number of nitrogens with zero attached hydrogens (tertiary/aromatic N) is 2. The van der Waals surface area contributed by atoms with Gasteiger partial charge in [0.2, 0.25) is 12.4 Å². The van der Waals surface area contributed by atoms with Crippen LogP contribution in [0, 0.1) is 0 Å². The molecule has 3 N–H and O–H groups in total. The van der Waals surface area contributed by atoms with Gasteiger partial charge in [-0.2, -0.15) is 4.84 Å². The van der Waals surface area contributed by atoms with E-state index in [1.807, 2.05) is 6.92 Å². The van der Waals surface area contributed by atoms with Crippen molar-refractivity contribution in [3.63, 3.8) is 0 Å². The van der Waals surface area contributed by atoms with Crippen molar-refractivity contribution in [2.24, 2.45) is 4.99 Å². The Labute approximate surface area is 206 Å². The van der Waals surface area contributed by atoms with Crippen LogP contribution < -0.4 is 59.1 Å². The zero-order valence-corrected chi connectivity index (χ0v) is 21.6. The Kier molecular flexibility index (Phi) is 23.6. The van der Waals surface area contributed by atoms with E-state index in [9.17, 15) is 4.79 Å². The van der Waals surface area contributed by atoms with E-state index >= 15 is 0 Å². The number of amidine groups is 1. The Morgan fingerprint density at radius 1 is 1.08 bits per heavy atom. The minimum Gasteiger partial charge on any atom is -1.00 e. The monoisotopic (exact) mass is 393 g/mol. The average molecular weight is 394 g/mol. The molecule has 6 nitrogen and oxygen atoms in total. The van der Waals surface area contributed by atoms with Gasteiger partial charge in [0.1, 0.15) is 13.2 Å². The SMILES string of the molecule is CCCCCCCCCCCC1=NCC[N+]1(CC(=O)O)OCC.O.[H-].[H-].[Na+].[Na+]. The molecule has 0 amide bonds. The van der Waals surface area contributed by atoms with Gasteiger partial charge in [0.05, 0.1) is 6.54 Å². The van der Waals surface area contributed by atoms with Crippen LogP contribution in [0.2, 0.25) is 0 Å². The number of hydrogen-bond donors (Lipinski definition) is 1. The number of quaternary nitrogens is 1. The van der Waals surface area contributed by atoms with Crippen LogP contribution in [0.3, 0.4) is 0 Å². The normalized spacial score (nSPS) is 18.3. The maximum absolute atomic E-state index is 11.2. The first-order chi connectivity index (χ1) is 11.1. The largest absolute Gasteiger partial charge is 1.00 e. The molecular formula is C18H39N2Na2O4+. The Balaban J connectivity index is -0.000000353. The average Bonchev–Trinajstić information content (AvgIpc) is 2.87. The topological polar surface area (TPSA) is 90.4 Å². The van der Waals surface area contributed by atoms with Gasteiger partial charge < -0.3 is 13.4 Å². The van der Waals surface area contributed by atoms with E-state index < -0.39 is 5.97 Å². The van der Waals surface area contributed by atoms with Crippen molar-refractivity contribution in [3.8, 4) is 0 Å². The zero-order valence-electron chi connectivity index (χ0n) is 19.6. The summed E-state index contributed by atoms with van der Waals surface area (Å²) >= 11 is 0. The van der Waals surface area contributed by atoms with E-state index in [1.54, 1.807) is 0 Å². The maximum atomic E-state index is 11.2. The molecule has 8 heteroatoms. The van der Waals surface area contributed by atoms with Crippen molar-refractivity contribution in [1.29, 1.82) is 0 Å². The van der Waals surface area contributed by atoms with Crippen molar-refractivity contribution in [2.75, 3.05) is 26.2 Å². The van der Waals surface area contributed by atoms with Gasteiger partial charge in [0, 0.05) is 6.42 Å². The molecule has 0 saturated heterocycles. The molecule has 0 radical (unpaired) electrons. The minimum absolute atomic E-state index is 0. The molecule has 0 aromatic heterocycles. The molecule has 1 aliphatic heterocycles. The summed E-state index contributed by atoms with van der Waals surface area (Å²) in [5.41, 5.74) is 0. The van der Waals surface area contributed by atoms with Crippen LogP contribution in [0.25, 0.3) is 0 Å². The first-order valence-corrected chi connectivity index (χ1v) is 9.42. The van der Waals surface area contributed by atoms with Crippen LogP contribution in [-0.4, -0.2) is 53.3 Å². The number of rotatable bonds is 14. The summed E-state index contributed by atoms with van der Waals surface area (Å²) in [6.45, 7) is 6.01. The zero-order chi connectivity index (χ0) is 17.0. The summed E-state index contributed by atoms with van der Waals surface area (Å²) in [5, 5.41) is 9.16. The van der Waals surface area contributed by atoms with E-state index in [1.165, 1.54) is 51.4 Å². The van der Waals surface area contributed by atoms with E-state index in [0.717, 1.165) is 18.7 Å². The minimum atomic E-state index is -0.819. The molecule has 0 saturated carbocycles. The molecule has 1 rings (SSSR count). The van der Waals surface area contributed by atoms with Gasteiger partial charge >= 0.3 is 65.1 Å². The molecule has 0 aromatic rings. The van der Waals surface area contributed by atoms with E-state index in [0.29, 0.717) is 19.7 Å². The Bertz CT molecular complexity index is 395. The summed E-state index contributed by atoms with van der Waals surface area (Å²) < 4.78 is 0.114. The van der Waals surface area contributed by atoms with E-state index in [4.69, 9.17) is 9.94 Å². The fourth-order valence-electron chi connectivity index (χ4n) is 3.30. The van der Waals surface area contributed by atoms with Crippen molar-refractivity contribution in [1.82, 2.24) is 0 Å². The number of carboxylic acid groups (broad SMARTS) is 1. The Morgan fingerprint density at radius 2 is 1.62 bits per heavy atom. The molecule has 146 valence electrons. The second kappa shape index (κ2) is 19.3. The summed E-state index contributed by atoms with van der Waals surface area (Å²) in [5.74, 6) is 0.109. The Morgan fingerprint density at radius 3 is 2.12 bits per heavy atom. The second-order valence-electron chi connectivity index (χ2n) is 6.46. The molecule has 1 heterocycles. The van der Waals surface area contributed by atoms with Crippen LogP contribution in [0.5, 0.6) is 0 Å². The predicted octanol–water partition coefficient (Wildman–Crippen LogP) is -2.42. The number of carboxylic acids is 1. The molecule has 0 aliphatic carbocycles. The fourth-order valence-corrected chi connectivity index (χ4v) is 3.30. The quantitative estimate of drug-likeness (QED) is 0.202. The van der Waals surface area contributed by atoms with Crippen LogP contribution in [0.1, 0.15) is 80.9 Å². The standard InChI is InChI=1S/C18H34N2O3.2Na.H2O.2H/c1-3-5-6-7-8-9-10-11-12-13-17-19-14-15-20(17,23-4-2)16-18(21)22;;;;;/h3-16H2,1-2H3;;;1H2;;/q;2*+1;;2*-1/p+1. The third kappa shape index (κ3) is 12.5. The molecule has 1 atom stereocenters.